The maximum atomic E-state index is 11.5. The molecule has 0 aromatic carbocycles. The second kappa shape index (κ2) is 6.40. The second-order valence-electron chi connectivity index (χ2n) is 3.54. The highest BCUT2D eigenvalue weighted by atomic mass is 32.1. The molecule has 0 spiro atoms. The number of nitrogens with zero attached hydrogens (tertiary/aromatic N) is 1. The number of aryl methyl sites for hydroxylation is 1. The number of hydrogen-bond acceptors (Lipinski definition) is 4. The molecule has 1 amide bonds. The Kier molecular flexibility index (Phi) is 5.14. The van der Waals surface area contributed by atoms with Crippen molar-refractivity contribution in [2.45, 2.75) is 19.9 Å². The van der Waals surface area contributed by atoms with E-state index >= 15 is 0 Å². The number of rotatable bonds is 6. The van der Waals surface area contributed by atoms with E-state index in [4.69, 9.17) is 0 Å². The highest BCUT2D eigenvalue weighted by molar-refractivity contribution is 7.09. The van der Waals surface area contributed by atoms with Gasteiger partial charge in [0.1, 0.15) is 5.01 Å². The zero-order valence-corrected chi connectivity index (χ0v) is 10.4. The van der Waals surface area contributed by atoms with Crippen molar-refractivity contribution < 1.29 is 4.79 Å². The van der Waals surface area contributed by atoms with Crippen LogP contribution < -0.4 is 10.6 Å². The summed E-state index contributed by atoms with van der Waals surface area (Å²) in [6, 6.07) is -0.0308. The molecule has 4 nitrogen and oxygen atoms in total. The van der Waals surface area contributed by atoms with Crippen LogP contribution in [0.3, 0.4) is 0 Å². The Morgan fingerprint density at radius 1 is 1.75 bits per heavy atom. The van der Waals surface area contributed by atoms with Gasteiger partial charge in [-0.15, -0.1) is 17.9 Å². The van der Waals surface area contributed by atoms with E-state index in [0.29, 0.717) is 13.1 Å². The molecule has 0 saturated carbocycles. The van der Waals surface area contributed by atoms with E-state index in [0.717, 1.165) is 10.7 Å². The normalized spacial score (nSPS) is 12.1. The number of hydrogen-bond donors (Lipinski definition) is 2. The first kappa shape index (κ1) is 12.9. The van der Waals surface area contributed by atoms with Gasteiger partial charge < -0.3 is 10.6 Å². The summed E-state index contributed by atoms with van der Waals surface area (Å²) in [6.45, 7) is 8.39. The van der Waals surface area contributed by atoms with Gasteiger partial charge in [0.2, 0.25) is 5.91 Å². The van der Waals surface area contributed by atoms with Gasteiger partial charge in [-0.25, -0.2) is 4.98 Å². The maximum Gasteiger partial charge on any atom is 0.234 e. The number of carbonyl (C=O) groups is 1. The molecule has 0 saturated heterocycles. The van der Waals surface area contributed by atoms with Gasteiger partial charge in [0.15, 0.2) is 0 Å². The van der Waals surface area contributed by atoms with E-state index in [1.807, 2.05) is 19.2 Å². The topological polar surface area (TPSA) is 54.0 Å². The molecule has 1 aromatic heterocycles. The lowest BCUT2D eigenvalue weighted by atomic mass is 10.3. The highest BCUT2D eigenvalue weighted by Crippen LogP contribution is 2.16. The van der Waals surface area contributed by atoms with Crippen molar-refractivity contribution in [3.8, 4) is 0 Å². The summed E-state index contributed by atoms with van der Waals surface area (Å²) in [5, 5.41) is 8.75. The highest BCUT2D eigenvalue weighted by Gasteiger charge is 2.11. The van der Waals surface area contributed by atoms with Crippen molar-refractivity contribution >= 4 is 17.2 Å². The SMILES string of the molecule is C=CCNCC(=O)NC(C)c1nc(C)cs1. The first-order valence-corrected chi connectivity index (χ1v) is 6.04. The fraction of sp³-hybridized carbons (Fsp3) is 0.455. The summed E-state index contributed by atoms with van der Waals surface area (Å²) < 4.78 is 0. The molecule has 1 unspecified atom stereocenters. The van der Waals surface area contributed by atoms with Gasteiger partial charge in [0.05, 0.1) is 12.6 Å². The van der Waals surface area contributed by atoms with Gasteiger partial charge in [-0.2, -0.15) is 0 Å². The Labute approximate surface area is 99.8 Å². The van der Waals surface area contributed by atoms with Crippen molar-refractivity contribution in [3.63, 3.8) is 0 Å². The van der Waals surface area contributed by atoms with E-state index < -0.39 is 0 Å². The molecule has 0 bridgehead atoms. The summed E-state index contributed by atoms with van der Waals surface area (Å²) in [5.74, 6) is -0.0257. The van der Waals surface area contributed by atoms with Crippen LogP contribution in [0.25, 0.3) is 0 Å². The lowest BCUT2D eigenvalue weighted by molar-refractivity contribution is -0.120. The minimum absolute atomic E-state index is 0.0257. The Balaban J connectivity index is 2.36. The number of amides is 1. The van der Waals surface area contributed by atoms with Gasteiger partial charge in [0, 0.05) is 17.6 Å². The number of aromatic nitrogens is 1. The van der Waals surface area contributed by atoms with Gasteiger partial charge in [-0.1, -0.05) is 6.08 Å². The molecule has 88 valence electrons. The monoisotopic (exact) mass is 239 g/mol. The molecule has 1 heterocycles. The molecule has 0 aliphatic rings. The molecule has 1 rings (SSSR count). The Hall–Kier alpha value is -1.20. The van der Waals surface area contributed by atoms with E-state index in [1.165, 1.54) is 0 Å². The molecule has 0 radical (unpaired) electrons. The summed E-state index contributed by atoms with van der Waals surface area (Å²) in [4.78, 5) is 15.8. The average molecular weight is 239 g/mol. The average Bonchev–Trinajstić information content (AvgIpc) is 2.65. The minimum atomic E-state index is -0.0308. The fourth-order valence-corrected chi connectivity index (χ4v) is 2.02. The summed E-state index contributed by atoms with van der Waals surface area (Å²) in [5.41, 5.74) is 0.992. The maximum absolute atomic E-state index is 11.5. The quantitative estimate of drug-likeness (QED) is 0.583. The third kappa shape index (κ3) is 4.12. The van der Waals surface area contributed by atoms with Crippen LogP contribution in [0.4, 0.5) is 0 Å². The van der Waals surface area contributed by atoms with Crippen LogP contribution in [0, 0.1) is 6.92 Å². The summed E-state index contributed by atoms with van der Waals surface area (Å²) >= 11 is 1.57. The van der Waals surface area contributed by atoms with Gasteiger partial charge in [-0.05, 0) is 13.8 Å². The Bertz CT molecular complexity index is 362. The molecule has 5 heteroatoms. The van der Waals surface area contributed by atoms with Crippen LogP contribution in [0.1, 0.15) is 23.7 Å². The predicted octanol–water partition coefficient (Wildman–Crippen LogP) is 1.40. The van der Waals surface area contributed by atoms with Crippen LogP contribution in [-0.2, 0) is 4.79 Å². The molecular formula is C11H17N3OS. The van der Waals surface area contributed by atoms with Crippen molar-refractivity contribution in [1.82, 2.24) is 15.6 Å². The number of nitrogens with one attached hydrogen (secondary N) is 2. The van der Waals surface area contributed by atoms with Gasteiger partial charge >= 0.3 is 0 Å². The van der Waals surface area contributed by atoms with Crippen LogP contribution in [0.15, 0.2) is 18.0 Å². The van der Waals surface area contributed by atoms with Gasteiger partial charge in [-0.3, -0.25) is 4.79 Å². The van der Waals surface area contributed by atoms with Crippen molar-refractivity contribution in [1.29, 1.82) is 0 Å². The van der Waals surface area contributed by atoms with Crippen LogP contribution in [-0.4, -0.2) is 24.0 Å². The van der Waals surface area contributed by atoms with Crippen LogP contribution in [0.2, 0.25) is 0 Å². The molecule has 1 aromatic rings. The number of thiazole rings is 1. The zero-order chi connectivity index (χ0) is 12.0. The van der Waals surface area contributed by atoms with Crippen LogP contribution in [0.5, 0.6) is 0 Å². The number of carbonyl (C=O) groups excluding carboxylic acids is 1. The largest absolute Gasteiger partial charge is 0.346 e. The molecule has 0 fully saturated rings. The van der Waals surface area contributed by atoms with Crippen molar-refractivity contribution in [2.75, 3.05) is 13.1 Å². The van der Waals surface area contributed by atoms with E-state index in [2.05, 4.69) is 22.2 Å². The standard InChI is InChI=1S/C11H17N3OS/c1-4-5-12-6-10(15)14-9(3)11-13-8(2)7-16-11/h4,7,9,12H,1,5-6H2,2-3H3,(H,14,15). The zero-order valence-electron chi connectivity index (χ0n) is 9.62. The van der Waals surface area contributed by atoms with Crippen molar-refractivity contribution in [3.05, 3.63) is 28.7 Å². The summed E-state index contributed by atoms with van der Waals surface area (Å²) in [6.07, 6.45) is 1.72. The van der Waals surface area contributed by atoms with E-state index in [-0.39, 0.29) is 11.9 Å². The lowest BCUT2D eigenvalue weighted by Gasteiger charge is -2.11. The fourth-order valence-electron chi connectivity index (χ4n) is 1.21. The van der Waals surface area contributed by atoms with Crippen LogP contribution >= 0.6 is 11.3 Å². The molecule has 1 atom stereocenters. The molecule has 0 aliphatic heterocycles. The van der Waals surface area contributed by atoms with Crippen molar-refractivity contribution in [2.24, 2.45) is 0 Å². The second-order valence-corrected chi connectivity index (χ2v) is 4.43. The molecule has 0 aliphatic carbocycles. The Morgan fingerprint density at radius 3 is 3.06 bits per heavy atom. The third-order valence-electron chi connectivity index (χ3n) is 1.96. The smallest absolute Gasteiger partial charge is 0.234 e. The Morgan fingerprint density at radius 2 is 2.50 bits per heavy atom. The molecule has 16 heavy (non-hydrogen) atoms. The predicted molar refractivity (Wildman–Crippen MR) is 66.5 cm³/mol. The first-order valence-electron chi connectivity index (χ1n) is 5.16. The van der Waals surface area contributed by atoms with Gasteiger partial charge in [0.25, 0.3) is 0 Å². The summed E-state index contributed by atoms with van der Waals surface area (Å²) in [7, 11) is 0. The lowest BCUT2D eigenvalue weighted by Crippen LogP contribution is -2.35. The molecular weight excluding hydrogens is 222 g/mol. The van der Waals surface area contributed by atoms with E-state index in [1.54, 1.807) is 17.4 Å². The minimum Gasteiger partial charge on any atom is -0.346 e. The van der Waals surface area contributed by atoms with E-state index in [9.17, 15) is 4.79 Å². The molecule has 2 N–H and O–H groups in total. The third-order valence-corrected chi connectivity index (χ3v) is 3.10. The first-order chi connectivity index (χ1) is 7.63.